The summed E-state index contributed by atoms with van der Waals surface area (Å²) in [4.78, 5) is 42.2. The van der Waals surface area contributed by atoms with E-state index < -0.39 is 18.0 Å². The highest BCUT2D eigenvalue weighted by Crippen LogP contribution is 2.19. The number of urea groups is 1. The largest absolute Gasteiger partial charge is 0.336 e. The normalized spacial score (nSPS) is 15.9. The van der Waals surface area contributed by atoms with Gasteiger partial charge in [0.15, 0.2) is 0 Å². The molecular formula is C18H18ClN5O3. The quantitative estimate of drug-likeness (QED) is 0.702. The zero-order valence-corrected chi connectivity index (χ0v) is 15.1. The molecule has 0 saturated carbocycles. The molecule has 1 aliphatic heterocycles. The standard InChI is InChI=1S/C18H18ClN5O3/c19-13-7-5-12(6-8-13)16(25)22-23-18(27)24-10-2-4-15(24)17(26)21-14-3-1-9-20-11-14/h1,3,5-9,11,15H,2,4,10H2,(H,21,26)(H,22,25)(H,23,27). The van der Waals surface area contributed by atoms with E-state index in [1.54, 1.807) is 42.6 Å². The maximum absolute atomic E-state index is 12.5. The van der Waals surface area contributed by atoms with Gasteiger partial charge in [0.1, 0.15) is 6.04 Å². The number of pyridine rings is 1. The molecule has 0 spiro atoms. The summed E-state index contributed by atoms with van der Waals surface area (Å²) < 4.78 is 0. The number of aromatic nitrogens is 1. The first-order valence-electron chi connectivity index (χ1n) is 8.38. The predicted octanol–water partition coefficient (Wildman–Crippen LogP) is 2.19. The van der Waals surface area contributed by atoms with Crippen LogP contribution in [0.15, 0.2) is 48.8 Å². The van der Waals surface area contributed by atoms with E-state index in [2.05, 4.69) is 21.2 Å². The SMILES string of the molecule is O=C(NNC(=O)N1CCCC1C(=O)Nc1cccnc1)c1ccc(Cl)cc1. The number of benzene rings is 1. The van der Waals surface area contributed by atoms with Gasteiger partial charge in [-0.2, -0.15) is 0 Å². The van der Waals surface area contributed by atoms with Gasteiger partial charge in [-0.3, -0.25) is 20.0 Å². The molecule has 0 bridgehead atoms. The average Bonchev–Trinajstić information content (AvgIpc) is 3.17. The molecule has 1 saturated heterocycles. The maximum atomic E-state index is 12.5. The first kappa shape index (κ1) is 18.7. The summed E-state index contributed by atoms with van der Waals surface area (Å²) in [6.07, 6.45) is 4.38. The summed E-state index contributed by atoms with van der Waals surface area (Å²) in [6, 6.07) is 8.53. The van der Waals surface area contributed by atoms with Crippen LogP contribution in [0.1, 0.15) is 23.2 Å². The van der Waals surface area contributed by atoms with Crippen molar-refractivity contribution in [3.05, 3.63) is 59.4 Å². The number of halogens is 1. The highest BCUT2D eigenvalue weighted by molar-refractivity contribution is 6.30. The van der Waals surface area contributed by atoms with Crippen molar-refractivity contribution in [3.63, 3.8) is 0 Å². The number of anilines is 1. The second-order valence-corrected chi connectivity index (χ2v) is 6.41. The van der Waals surface area contributed by atoms with Crippen molar-refractivity contribution in [2.24, 2.45) is 0 Å². The number of likely N-dealkylation sites (tertiary alicyclic amines) is 1. The van der Waals surface area contributed by atoms with Gasteiger partial charge >= 0.3 is 6.03 Å². The Morgan fingerprint density at radius 1 is 1.11 bits per heavy atom. The van der Waals surface area contributed by atoms with Gasteiger partial charge in [-0.15, -0.1) is 0 Å². The number of hydrogen-bond donors (Lipinski definition) is 3. The van der Waals surface area contributed by atoms with Gasteiger partial charge in [-0.05, 0) is 49.2 Å². The lowest BCUT2D eigenvalue weighted by Gasteiger charge is -2.24. The van der Waals surface area contributed by atoms with Crippen LogP contribution in [0.3, 0.4) is 0 Å². The number of hydrogen-bond acceptors (Lipinski definition) is 4. The van der Waals surface area contributed by atoms with Crippen molar-refractivity contribution >= 4 is 35.1 Å². The number of carbonyl (C=O) groups excluding carboxylic acids is 3. The van der Waals surface area contributed by atoms with Crippen molar-refractivity contribution in [1.29, 1.82) is 0 Å². The molecule has 140 valence electrons. The van der Waals surface area contributed by atoms with Crippen molar-refractivity contribution in [2.75, 3.05) is 11.9 Å². The Morgan fingerprint density at radius 2 is 1.89 bits per heavy atom. The molecule has 0 aliphatic carbocycles. The summed E-state index contributed by atoms with van der Waals surface area (Å²) in [7, 11) is 0. The molecule has 2 heterocycles. The lowest BCUT2D eigenvalue weighted by Crippen LogP contribution is -2.52. The minimum atomic E-state index is -0.613. The van der Waals surface area contributed by atoms with Gasteiger partial charge in [-0.25, -0.2) is 10.2 Å². The van der Waals surface area contributed by atoms with Crippen LogP contribution in [-0.4, -0.2) is 40.3 Å². The van der Waals surface area contributed by atoms with Crippen LogP contribution in [-0.2, 0) is 4.79 Å². The average molecular weight is 388 g/mol. The van der Waals surface area contributed by atoms with Crippen LogP contribution < -0.4 is 16.2 Å². The predicted molar refractivity (Wildman–Crippen MR) is 100 cm³/mol. The maximum Gasteiger partial charge on any atom is 0.336 e. The summed E-state index contributed by atoms with van der Waals surface area (Å²) in [5.41, 5.74) is 5.60. The van der Waals surface area contributed by atoms with E-state index in [-0.39, 0.29) is 5.91 Å². The summed E-state index contributed by atoms with van der Waals surface area (Å²) in [5.74, 6) is -0.768. The van der Waals surface area contributed by atoms with E-state index in [1.807, 2.05) is 0 Å². The second kappa shape index (κ2) is 8.50. The first-order valence-corrected chi connectivity index (χ1v) is 8.76. The van der Waals surface area contributed by atoms with Crippen molar-refractivity contribution in [2.45, 2.75) is 18.9 Å². The molecule has 4 amide bonds. The second-order valence-electron chi connectivity index (χ2n) is 5.97. The Morgan fingerprint density at radius 3 is 2.59 bits per heavy atom. The van der Waals surface area contributed by atoms with Gasteiger partial charge in [0.2, 0.25) is 5.91 Å². The van der Waals surface area contributed by atoms with E-state index >= 15 is 0 Å². The summed E-state index contributed by atoms with van der Waals surface area (Å²) in [5, 5.41) is 3.25. The van der Waals surface area contributed by atoms with Gasteiger partial charge in [0.05, 0.1) is 11.9 Å². The molecule has 1 unspecified atom stereocenters. The first-order chi connectivity index (χ1) is 13.0. The number of nitrogens with zero attached hydrogens (tertiary/aromatic N) is 2. The number of carbonyl (C=O) groups is 3. The third-order valence-electron chi connectivity index (χ3n) is 4.13. The van der Waals surface area contributed by atoms with Crippen molar-refractivity contribution in [1.82, 2.24) is 20.7 Å². The molecule has 2 aromatic rings. The third-order valence-corrected chi connectivity index (χ3v) is 4.39. The van der Waals surface area contributed by atoms with Crippen LogP contribution >= 0.6 is 11.6 Å². The Labute approximate surface area is 160 Å². The topological polar surface area (TPSA) is 103 Å². The van der Waals surface area contributed by atoms with Crippen LogP contribution in [0.25, 0.3) is 0 Å². The Bertz CT molecular complexity index is 829. The van der Waals surface area contributed by atoms with Crippen molar-refractivity contribution in [3.8, 4) is 0 Å². The number of amides is 4. The third kappa shape index (κ3) is 4.73. The van der Waals surface area contributed by atoms with E-state index in [0.29, 0.717) is 35.7 Å². The van der Waals surface area contributed by atoms with Crippen LogP contribution in [0.2, 0.25) is 5.02 Å². The van der Waals surface area contributed by atoms with Gasteiger partial charge in [0, 0.05) is 23.3 Å². The van der Waals surface area contributed by atoms with E-state index in [1.165, 1.54) is 11.1 Å². The zero-order valence-electron chi connectivity index (χ0n) is 14.3. The van der Waals surface area contributed by atoms with Crippen LogP contribution in [0.4, 0.5) is 10.5 Å². The lowest BCUT2D eigenvalue weighted by molar-refractivity contribution is -0.119. The highest BCUT2D eigenvalue weighted by atomic mass is 35.5. The Hall–Kier alpha value is -3.13. The van der Waals surface area contributed by atoms with Gasteiger partial charge in [-0.1, -0.05) is 11.6 Å². The van der Waals surface area contributed by atoms with E-state index in [4.69, 9.17) is 11.6 Å². The number of hydrazine groups is 1. The molecule has 9 heteroatoms. The lowest BCUT2D eigenvalue weighted by atomic mass is 10.2. The number of nitrogens with one attached hydrogen (secondary N) is 3. The summed E-state index contributed by atoms with van der Waals surface area (Å²) >= 11 is 5.78. The number of rotatable bonds is 3. The molecule has 8 nitrogen and oxygen atoms in total. The fourth-order valence-corrected chi connectivity index (χ4v) is 2.93. The minimum Gasteiger partial charge on any atom is -0.323 e. The molecule has 27 heavy (non-hydrogen) atoms. The van der Waals surface area contributed by atoms with Crippen molar-refractivity contribution < 1.29 is 14.4 Å². The van der Waals surface area contributed by atoms with Gasteiger partial charge < -0.3 is 10.2 Å². The molecule has 3 N–H and O–H groups in total. The molecule has 1 fully saturated rings. The molecule has 1 aliphatic rings. The molecular weight excluding hydrogens is 370 g/mol. The van der Waals surface area contributed by atoms with Crippen LogP contribution in [0.5, 0.6) is 0 Å². The molecule has 0 radical (unpaired) electrons. The monoisotopic (exact) mass is 387 g/mol. The Kier molecular flexibility index (Phi) is 5.87. The Balaban J connectivity index is 1.56. The highest BCUT2D eigenvalue weighted by Gasteiger charge is 2.34. The fourth-order valence-electron chi connectivity index (χ4n) is 2.80. The van der Waals surface area contributed by atoms with Gasteiger partial charge in [0.25, 0.3) is 5.91 Å². The minimum absolute atomic E-state index is 0.292. The van der Waals surface area contributed by atoms with E-state index in [9.17, 15) is 14.4 Å². The smallest absolute Gasteiger partial charge is 0.323 e. The molecule has 1 aromatic carbocycles. The fraction of sp³-hybridized carbons (Fsp3) is 0.222. The molecule has 1 aromatic heterocycles. The summed E-state index contributed by atoms with van der Waals surface area (Å²) in [6.45, 7) is 0.424. The van der Waals surface area contributed by atoms with Crippen LogP contribution in [0, 0.1) is 0 Å². The zero-order chi connectivity index (χ0) is 19.2. The van der Waals surface area contributed by atoms with E-state index in [0.717, 1.165) is 0 Å². The molecule has 3 rings (SSSR count). The molecule has 1 atom stereocenters.